The molecule has 0 aliphatic rings. The molecule has 21 heavy (non-hydrogen) atoms. The predicted molar refractivity (Wildman–Crippen MR) is 76.2 cm³/mol. The third-order valence-electron chi connectivity index (χ3n) is 2.90. The molecule has 0 N–H and O–H groups in total. The van der Waals surface area contributed by atoms with Gasteiger partial charge in [0.25, 0.3) is 0 Å². The van der Waals surface area contributed by atoms with Gasteiger partial charge in [-0.1, -0.05) is 60.7 Å². The highest BCUT2D eigenvalue weighted by Gasteiger charge is 2.24. The lowest BCUT2D eigenvalue weighted by atomic mass is 9.99. The lowest BCUT2D eigenvalue weighted by molar-refractivity contribution is -0.122. The number of benzene rings is 2. The van der Waals surface area contributed by atoms with E-state index in [2.05, 4.69) is 0 Å². The first kappa shape index (κ1) is 14.5. The lowest BCUT2D eigenvalue weighted by Gasteiger charge is -2.01. The quantitative estimate of drug-likeness (QED) is 0.462. The van der Waals surface area contributed by atoms with Crippen LogP contribution in [0, 0.1) is 0 Å². The molecule has 0 fully saturated rings. The van der Waals surface area contributed by atoms with E-state index in [-0.39, 0.29) is 11.1 Å². The van der Waals surface area contributed by atoms with E-state index >= 15 is 0 Å². The molecule has 0 atom stereocenters. The summed E-state index contributed by atoms with van der Waals surface area (Å²) in [6.45, 7) is 0. The van der Waals surface area contributed by atoms with Gasteiger partial charge < -0.3 is 0 Å². The minimum absolute atomic E-state index is 0.211. The van der Waals surface area contributed by atoms with Crippen molar-refractivity contribution in [1.29, 1.82) is 0 Å². The fourth-order valence-corrected chi connectivity index (χ4v) is 1.81. The van der Waals surface area contributed by atoms with Crippen LogP contribution in [0.5, 0.6) is 0 Å². The number of ketones is 4. The lowest BCUT2D eigenvalue weighted by Crippen LogP contribution is -2.23. The average molecular weight is 280 g/mol. The van der Waals surface area contributed by atoms with E-state index in [0.29, 0.717) is 0 Å². The van der Waals surface area contributed by atoms with Crippen molar-refractivity contribution >= 4 is 23.1 Å². The summed E-state index contributed by atoms with van der Waals surface area (Å²) >= 11 is 0. The Morgan fingerprint density at radius 1 is 0.571 bits per heavy atom. The molecule has 0 aliphatic heterocycles. The molecule has 0 saturated carbocycles. The van der Waals surface area contributed by atoms with Crippen LogP contribution in [-0.4, -0.2) is 23.1 Å². The normalized spacial score (nSPS) is 9.90. The van der Waals surface area contributed by atoms with Crippen LogP contribution in [0.1, 0.15) is 27.1 Å². The Balaban J connectivity index is 2.05. The van der Waals surface area contributed by atoms with Gasteiger partial charge in [-0.3, -0.25) is 19.2 Å². The molecular formula is C17H12O4. The average Bonchev–Trinajstić information content (AvgIpc) is 2.55. The number of carbonyl (C=O) groups is 4. The SMILES string of the molecule is O=C(CC(=O)C(=O)c1ccccc1)C(=O)c1ccccc1. The minimum atomic E-state index is -0.879. The third-order valence-corrected chi connectivity index (χ3v) is 2.90. The molecule has 0 amide bonds. The number of hydrogen-bond donors (Lipinski definition) is 0. The van der Waals surface area contributed by atoms with Crippen molar-refractivity contribution in [2.75, 3.05) is 0 Å². The van der Waals surface area contributed by atoms with Crippen LogP contribution in [0.3, 0.4) is 0 Å². The van der Waals surface area contributed by atoms with Crippen molar-refractivity contribution in [2.45, 2.75) is 6.42 Å². The first-order valence-corrected chi connectivity index (χ1v) is 6.34. The molecule has 2 rings (SSSR count). The Kier molecular flexibility index (Phi) is 4.51. The minimum Gasteiger partial charge on any atom is -0.290 e. The monoisotopic (exact) mass is 280 g/mol. The van der Waals surface area contributed by atoms with Gasteiger partial charge in [-0.15, -0.1) is 0 Å². The van der Waals surface area contributed by atoms with Crippen molar-refractivity contribution in [3.63, 3.8) is 0 Å². The van der Waals surface area contributed by atoms with E-state index in [4.69, 9.17) is 0 Å². The van der Waals surface area contributed by atoms with Gasteiger partial charge in [0.1, 0.15) is 0 Å². The topological polar surface area (TPSA) is 68.3 Å². The summed E-state index contributed by atoms with van der Waals surface area (Å²) in [5.41, 5.74) is 0.421. The van der Waals surface area contributed by atoms with Crippen molar-refractivity contribution in [3.8, 4) is 0 Å². The molecule has 0 aromatic heterocycles. The van der Waals surface area contributed by atoms with Gasteiger partial charge in [0, 0.05) is 11.1 Å². The van der Waals surface area contributed by atoms with Gasteiger partial charge >= 0.3 is 0 Å². The second-order valence-electron chi connectivity index (χ2n) is 4.41. The first-order chi connectivity index (χ1) is 10.1. The second kappa shape index (κ2) is 6.52. The van der Waals surface area contributed by atoms with Gasteiger partial charge in [0.15, 0.2) is 0 Å². The number of rotatable bonds is 6. The van der Waals surface area contributed by atoms with Crippen LogP contribution >= 0.6 is 0 Å². The van der Waals surface area contributed by atoms with Gasteiger partial charge in [0.2, 0.25) is 23.1 Å². The molecule has 0 saturated heterocycles. The largest absolute Gasteiger partial charge is 0.290 e. The van der Waals surface area contributed by atoms with Gasteiger partial charge in [-0.25, -0.2) is 0 Å². The van der Waals surface area contributed by atoms with E-state index < -0.39 is 29.6 Å². The van der Waals surface area contributed by atoms with Gasteiger partial charge in [-0.05, 0) is 0 Å². The standard InChI is InChI=1S/C17H12O4/c18-14(16(20)12-7-3-1-4-8-12)11-15(19)17(21)13-9-5-2-6-10-13/h1-10H,11H2. The molecular weight excluding hydrogens is 268 g/mol. The van der Waals surface area contributed by atoms with Crippen LogP contribution in [0.25, 0.3) is 0 Å². The fraction of sp³-hybridized carbons (Fsp3) is 0.0588. The maximum atomic E-state index is 11.8. The van der Waals surface area contributed by atoms with E-state index in [9.17, 15) is 19.2 Å². The highest BCUT2D eigenvalue weighted by atomic mass is 16.2. The fourth-order valence-electron chi connectivity index (χ4n) is 1.81. The Bertz CT molecular complexity index is 626. The summed E-state index contributed by atoms with van der Waals surface area (Å²) in [5.74, 6) is -3.28. The van der Waals surface area contributed by atoms with Crippen LogP contribution < -0.4 is 0 Å². The molecule has 0 unspecified atom stereocenters. The zero-order chi connectivity index (χ0) is 15.2. The van der Waals surface area contributed by atoms with Crippen LogP contribution in [-0.2, 0) is 9.59 Å². The zero-order valence-corrected chi connectivity index (χ0v) is 11.1. The van der Waals surface area contributed by atoms with Crippen molar-refractivity contribution in [1.82, 2.24) is 0 Å². The Morgan fingerprint density at radius 3 is 1.24 bits per heavy atom. The number of Topliss-reactive ketones (excluding diaryl/α,β-unsaturated/α-hetero) is 4. The smallest absolute Gasteiger partial charge is 0.229 e. The molecule has 0 aliphatic carbocycles. The summed E-state index contributed by atoms with van der Waals surface area (Å²) in [5, 5.41) is 0. The molecule has 4 heteroatoms. The molecule has 0 bridgehead atoms. The highest BCUT2D eigenvalue weighted by molar-refractivity contribution is 6.54. The van der Waals surface area contributed by atoms with E-state index in [1.165, 1.54) is 24.3 Å². The van der Waals surface area contributed by atoms with Crippen molar-refractivity contribution in [2.24, 2.45) is 0 Å². The summed E-state index contributed by atoms with van der Waals surface area (Å²) in [6.07, 6.45) is -0.707. The van der Waals surface area contributed by atoms with Crippen molar-refractivity contribution < 1.29 is 19.2 Å². The highest BCUT2D eigenvalue weighted by Crippen LogP contribution is 2.06. The molecule has 0 radical (unpaired) electrons. The summed E-state index contributed by atoms with van der Waals surface area (Å²) in [4.78, 5) is 47.2. The molecule has 2 aromatic rings. The van der Waals surface area contributed by atoms with Gasteiger partial charge in [-0.2, -0.15) is 0 Å². The molecule has 104 valence electrons. The molecule has 0 heterocycles. The van der Waals surface area contributed by atoms with E-state index in [0.717, 1.165) is 0 Å². The summed E-state index contributed by atoms with van der Waals surface area (Å²) in [7, 11) is 0. The second-order valence-corrected chi connectivity index (χ2v) is 4.41. The zero-order valence-electron chi connectivity index (χ0n) is 11.1. The van der Waals surface area contributed by atoms with Crippen LogP contribution in [0.2, 0.25) is 0 Å². The maximum absolute atomic E-state index is 11.8. The first-order valence-electron chi connectivity index (χ1n) is 6.34. The van der Waals surface area contributed by atoms with Crippen LogP contribution in [0.15, 0.2) is 60.7 Å². The van der Waals surface area contributed by atoms with E-state index in [1.807, 2.05) is 0 Å². The van der Waals surface area contributed by atoms with E-state index in [1.54, 1.807) is 36.4 Å². The van der Waals surface area contributed by atoms with Crippen molar-refractivity contribution in [3.05, 3.63) is 71.8 Å². The Hall–Kier alpha value is -2.88. The summed E-state index contributed by atoms with van der Waals surface area (Å²) < 4.78 is 0. The number of hydrogen-bond acceptors (Lipinski definition) is 4. The third kappa shape index (κ3) is 3.57. The Morgan fingerprint density at radius 2 is 0.905 bits per heavy atom. The Labute approximate surface area is 121 Å². The number of carbonyl (C=O) groups excluding carboxylic acids is 4. The maximum Gasteiger partial charge on any atom is 0.229 e. The molecule has 2 aromatic carbocycles. The predicted octanol–water partition coefficient (Wildman–Crippen LogP) is 2.28. The van der Waals surface area contributed by atoms with Crippen LogP contribution in [0.4, 0.5) is 0 Å². The molecule has 4 nitrogen and oxygen atoms in total. The summed E-state index contributed by atoms with van der Waals surface area (Å²) in [6, 6.07) is 15.9. The van der Waals surface area contributed by atoms with Gasteiger partial charge in [0.05, 0.1) is 6.42 Å². The molecule has 0 spiro atoms.